The summed E-state index contributed by atoms with van der Waals surface area (Å²) in [6.07, 6.45) is -2.05. The van der Waals surface area contributed by atoms with Gasteiger partial charge in [-0.05, 0) is 127 Å². The fraction of sp³-hybridized carbons (Fsp3) is 0.391. The fourth-order valence-corrected chi connectivity index (χ4v) is 10.2. The summed E-state index contributed by atoms with van der Waals surface area (Å²) in [6, 6.07) is 0. The van der Waals surface area contributed by atoms with Gasteiger partial charge in [0.15, 0.2) is 11.6 Å². The third-order valence-corrected chi connectivity index (χ3v) is 14.4. The van der Waals surface area contributed by atoms with E-state index in [-0.39, 0.29) is 50.8 Å². The summed E-state index contributed by atoms with van der Waals surface area (Å²) in [5.74, 6) is -7.99. The van der Waals surface area contributed by atoms with Gasteiger partial charge in [-0.15, -0.1) is 23.2 Å². The quantitative estimate of drug-likeness (QED) is 0.0472. The van der Waals surface area contributed by atoms with Gasteiger partial charge in [0.05, 0.1) is 45.1 Å². The summed E-state index contributed by atoms with van der Waals surface area (Å²) < 4.78 is 176. The molecule has 0 saturated carbocycles. The second-order valence-electron chi connectivity index (χ2n) is 15.6. The predicted molar refractivity (Wildman–Crippen MR) is 254 cm³/mol. The van der Waals surface area contributed by atoms with Gasteiger partial charge in [0, 0.05) is 56.3 Å². The molecule has 0 aliphatic heterocycles. The zero-order valence-electron chi connectivity index (χ0n) is 45.5. The molecule has 4 N–H and O–H groups in total. The van der Waals surface area contributed by atoms with Gasteiger partial charge in [-0.1, -0.05) is 13.7 Å². The minimum atomic E-state index is -5.16. The molecular weight excluding hydrogens is 944 g/mol. The number of benzene rings is 2. The van der Waals surface area contributed by atoms with Crippen LogP contribution in [-0.4, -0.2) is 59.8 Å². The van der Waals surface area contributed by atoms with Gasteiger partial charge in [0.25, 0.3) is 0 Å². The van der Waals surface area contributed by atoms with E-state index >= 15 is 17.6 Å². The SMILES string of the molecule is [2H]C([2H])([2H])CC([2H])([2H])S(=O)(=O)Nc1c(C)c(C)c(F)c(C(=O)c2c(C)[nH]c3nc(C)c(CCl)c(C)c23)c1F.[2H]C([2H])([2H])CCS(=O)(=O)Nc1c(C)c(C)c(F)c(C(=O)c2c(C)[nH]c3nc(C)c(CCl)c(C)c23)c1F. The number of nitrogens with zero attached hydrogens (tertiary/aromatic N) is 2. The van der Waals surface area contributed by atoms with Crippen molar-refractivity contribution in [3.63, 3.8) is 0 Å². The van der Waals surface area contributed by atoms with E-state index in [2.05, 4.69) is 19.9 Å². The molecule has 0 fully saturated rings. The van der Waals surface area contributed by atoms with Gasteiger partial charge < -0.3 is 9.97 Å². The number of aromatic nitrogens is 4. The van der Waals surface area contributed by atoms with Crippen molar-refractivity contribution in [2.24, 2.45) is 0 Å². The lowest BCUT2D eigenvalue weighted by Gasteiger charge is -2.17. The lowest BCUT2D eigenvalue weighted by atomic mass is 9.93. The minimum absolute atomic E-state index is 0.00127. The van der Waals surface area contributed by atoms with Gasteiger partial charge >= 0.3 is 0 Å². The Morgan fingerprint density at radius 2 is 0.955 bits per heavy atom. The smallest absolute Gasteiger partial charge is 0.232 e. The van der Waals surface area contributed by atoms with Gasteiger partial charge in [0.2, 0.25) is 31.6 Å². The van der Waals surface area contributed by atoms with Crippen LogP contribution < -0.4 is 9.44 Å². The number of alkyl halides is 2. The Morgan fingerprint density at radius 1 is 0.576 bits per heavy atom. The number of fused-ring (bicyclic) bond motifs is 2. The molecule has 6 aromatic rings. The molecule has 12 nitrogen and oxygen atoms in total. The molecular formula is C46H52Cl2F4N6O6S2. The number of aromatic amines is 2. The summed E-state index contributed by atoms with van der Waals surface area (Å²) in [5, 5.41) is 0.678. The lowest BCUT2D eigenvalue weighted by Crippen LogP contribution is -2.21. The number of carbonyl (C=O) groups excluding carboxylic acids is 2. The van der Waals surface area contributed by atoms with Gasteiger partial charge in [0.1, 0.15) is 22.9 Å². The van der Waals surface area contributed by atoms with Crippen LogP contribution in [0.2, 0.25) is 0 Å². The van der Waals surface area contributed by atoms with E-state index in [1.165, 1.54) is 34.6 Å². The first kappa shape index (κ1) is 41.2. The molecule has 66 heavy (non-hydrogen) atoms. The van der Waals surface area contributed by atoms with Crippen LogP contribution in [0.1, 0.15) is 137 Å². The molecule has 20 heteroatoms. The summed E-state index contributed by atoms with van der Waals surface area (Å²) in [4.78, 5) is 42.1. The van der Waals surface area contributed by atoms with Crippen LogP contribution >= 0.6 is 23.2 Å². The second kappa shape index (κ2) is 19.7. The molecule has 0 radical (unpaired) electrons. The van der Waals surface area contributed by atoms with E-state index in [9.17, 15) is 26.4 Å². The van der Waals surface area contributed by atoms with Crippen molar-refractivity contribution in [2.45, 2.75) is 108 Å². The summed E-state index contributed by atoms with van der Waals surface area (Å²) >= 11 is 12.1. The minimum Gasteiger partial charge on any atom is -0.343 e. The van der Waals surface area contributed by atoms with Crippen molar-refractivity contribution in [3.05, 3.63) is 113 Å². The van der Waals surface area contributed by atoms with Crippen LogP contribution in [0.3, 0.4) is 0 Å². The first-order chi connectivity index (χ1) is 33.8. The normalized spacial score (nSPS) is 14.3. The van der Waals surface area contributed by atoms with E-state index in [4.69, 9.17) is 34.2 Å². The topological polar surface area (TPSA) is 184 Å². The molecule has 0 bridgehead atoms. The molecule has 4 aromatic heterocycles. The Labute approximate surface area is 403 Å². The van der Waals surface area contributed by atoms with Crippen molar-refractivity contribution in [1.82, 2.24) is 19.9 Å². The maximum Gasteiger partial charge on any atom is 0.232 e. The first-order valence-corrected chi connectivity index (χ1v) is 24.1. The van der Waals surface area contributed by atoms with Crippen LogP contribution in [0.5, 0.6) is 0 Å². The number of H-pyrrole nitrogens is 2. The van der Waals surface area contributed by atoms with Gasteiger partial charge in [-0.25, -0.2) is 44.4 Å². The lowest BCUT2D eigenvalue weighted by molar-refractivity contribution is 0.102. The van der Waals surface area contributed by atoms with Crippen molar-refractivity contribution in [3.8, 4) is 0 Å². The molecule has 0 saturated heterocycles. The standard InChI is InChI=1S/2C23H26ClF2N3O3S/c2*1-7-8-33(31,32)29-21-11(3)10(2)19(25)18(20(21)26)22(30)17-14(6)28-23-16(17)12(4)15(9-24)13(5)27-23/h2*29H,7-9H2,1-6H3,(H,27,28)/i1D3,8D2;1D3. The van der Waals surface area contributed by atoms with Crippen LogP contribution in [-0.2, 0) is 31.8 Å². The highest BCUT2D eigenvalue weighted by Crippen LogP contribution is 2.38. The van der Waals surface area contributed by atoms with Crippen molar-refractivity contribution < 1.29 is 55.0 Å². The maximum absolute atomic E-state index is 15.8. The number of anilines is 2. The number of ketones is 2. The monoisotopic (exact) mass is 1000 g/mol. The van der Waals surface area contributed by atoms with Crippen molar-refractivity contribution in [2.75, 3.05) is 20.9 Å². The number of aryl methyl sites for hydroxylation is 6. The highest BCUT2D eigenvalue weighted by molar-refractivity contribution is 7.92. The number of nitrogens with one attached hydrogen (secondary N) is 4. The van der Waals surface area contributed by atoms with E-state index in [1.54, 1.807) is 39.3 Å². The Kier molecular flexibility index (Phi) is 12.3. The molecule has 4 heterocycles. The van der Waals surface area contributed by atoms with Crippen LogP contribution in [0, 0.1) is 92.5 Å². The number of hydrogen-bond acceptors (Lipinski definition) is 8. The first-order valence-electron chi connectivity index (χ1n) is 23.9. The van der Waals surface area contributed by atoms with E-state index in [0.29, 0.717) is 61.4 Å². The average Bonchev–Trinajstić information content (AvgIpc) is 3.78. The molecule has 0 aliphatic rings. The second-order valence-corrected chi connectivity index (χ2v) is 19.5. The highest BCUT2D eigenvalue weighted by Gasteiger charge is 2.33. The summed E-state index contributed by atoms with van der Waals surface area (Å²) in [7, 11) is -9.48. The zero-order valence-corrected chi connectivity index (χ0v) is 40.6. The molecule has 0 atom stereocenters. The molecule has 0 unspecified atom stereocenters. The van der Waals surface area contributed by atoms with E-state index in [1.807, 2.05) is 4.72 Å². The Balaban J connectivity index is 0.000000274. The van der Waals surface area contributed by atoms with Gasteiger partial charge in [-0.2, -0.15) is 0 Å². The summed E-state index contributed by atoms with van der Waals surface area (Å²) in [5.41, 5.74) is -2.50. The summed E-state index contributed by atoms with van der Waals surface area (Å²) in [6.45, 7) is 9.53. The highest BCUT2D eigenvalue weighted by atomic mass is 35.5. The molecule has 0 aliphatic carbocycles. The predicted octanol–water partition coefficient (Wildman–Crippen LogP) is 11.0. The number of carbonyl (C=O) groups is 2. The Morgan fingerprint density at radius 3 is 1.32 bits per heavy atom. The zero-order chi connectivity index (χ0) is 56.4. The number of pyridine rings is 2. The van der Waals surface area contributed by atoms with Crippen LogP contribution in [0.4, 0.5) is 28.9 Å². The Hall–Kier alpha value is -5.04. The fourth-order valence-electron chi connectivity index (χ4n) is 7.74. The maximum atomic E-state index is 15.8. The number of sulfonamides is 2. The molecule has 0 amide bonds. The Bertz CT molecular complexity index is 3550. The number of hydrogen-bond donors (Lipinski definition) is 4. The van der Waals surface area contributed by atoms with E-state index < -0.39 is 115 Å². The molecule has 6 rings (SSSR count). The molecule has 356 valence electrons. The number of rotatable bonds is 14. The van der Waals surface area contributed by atoms with Gasteiger partial charge in [-0.3, -0.25) is 19.0 Å². The van der Waals surface area contributed by atoms with Crippen LogP contribution in [0.15, 0.2) is 0 Å². The average molecular weight is 1000 g/mol. The third-order valence-electron chi connectivity index (χ3n) is 11.6. The van der Waals surface area contributed by atoms with Crippen molar-refractivity contribution >= 4 is 88.3 Å². The largest absolute Gasteiger partial charge is 0.343 e. The number of halogens is 6. The van der Waals surface area contributed by atoms with E-state index in [0.717, 1.165) is 0 Å². The van der Waals surface area contributed by atoms with Crippen LogP contribution in [0.25, 0.3) is 22.1 Å². The molecule has 0 spiro atoms. The van der Waals surface area contributed by atoms with Crippen molar-refractivity contribution in [1.29, 1.82) is 0 Å². The third kappa shape index (κ3) is 9.43. The molecule has 2 aromatic carbocycles.